The Morgan fingerprint density at radius 3 is 2.18 bits per heavy atom. The van der Waals surface area contributed by atoms with Gasteiger partial charge >= 0.3 is 12.1 Å². The zero-order valence-corrected chi connectivity index (χ0v) is 33.2. The number of hydrogen-bond acceptors (Lipinski definition) is 6. The van der Waals surface area contributed by atoms with E-state index in [0.717, 1.165) is 54.8 Å². The van der Waals surface area contributed by atoms with Gasteiger partial charge in [0.2, 0.25) is 0 Å². The highest BCUT2D eigenvalue weighted by Gasteiger charge is 2.45. The second-order valence-corrected chi connectivity index (χ2v) is 23.1. The second-order valence-electron chi connectivity index (χ2n) is 13.7. The average Bonchev–Trinajstić information content (AvgIpc) is 3.37. The number of alkyl halides is 3. The predicted molar refractivity (Wildman–Crippen MR) is 197 cm³/mol. The van der Waals surface area contributed by atoms with E-state index in [1.165, 1.54) is 12.1 Å². The molecule has 1 aromatic rings. The van der Waals surface area contributed by atoms with Crippen molar-refractivity contribution in [1.82, 2.24) is 0 Å². The molecule has 5 atom stereocenters. The number of carbonyl (C=O) groups excluding carboxylic acids is 1. The standard InChI is InChI=1S/C38H63F3O6Si2/c1-9-48(10-2,11-3)46-32(28-44-31-21-19-20-30(26-31)38(39,40)41)24-25-34-33(22-17-15-16-18-23-37(43)45-29(7)8)35(42)27-36(34)47-49(12-4,13-5)14-6/h15,17,19-21,24-26,29,32-36,42H,9-14,16,18,22-23,27-28H2,1-8H3/b17-15-,25-24+/t32-,33-,34-,35+,36?/m1/s1. The molecule has 11 heteroatoms. The van der Waals surface area contributed by atoms with E-state index in [2.05, 4.69) is 59.8 Å². The summed E-state index contributed by atoms with van der Waals surface area (Å²) in [6.07, 6.45) is 5.61. The second kappa shape index (κ2) is 20.8. The van der Waals surface area contributed by atoms with Crippen LogP contribution in [-0.2, 0) is 24.6 Å². The van der Waals surface area contributed by atoms with Gasteiger partial charge in [-0.1, -0.05) is 71.9 Å². The quantitative estimate of drug-likeness (QED) is 0.0555. The Bertz CT molecular complexity index is 1150. The van der Waals surface area contributed by atoms with Gasteiger partial charge in [0.25, 0.3) is 0 Å². The normalized spacial score (nSPS) is 21.2. The van der Waals surface area contributed by atoms with Gasteiger partial charge in [0.15, 0.2) is 16.6 Å². The van der Waals surface area contributed by atoms with Crippen LogP contribution < -0.4 is 4.74 Å². The molecule has 0 aliphatic heterocycles. The average molecular weight is 729 g/mol. The molecule has 49 heavy (non-hydrogen) atoms. The van der Waals surface area contributed by atoms with Gasteiger partial charge in [-0.05, 0) is 99.9 Å². The Kier molecular flexibility index (Phi) is 18.4. The van der Waals surface area contributed by atoms with Crippen LogP contribution in [0.5, 0.6) is 5.75 Å². The van der Waals surface area contributed by atoms with Gasteiger partial charge in [-0.2, -0.15) is 13.2 Å². The van der Waals surface area contributed by atoms with E-state index in [1.807, 2.05) is 19.9 Å². The maximum Gasteiger partial charge on any atom is 0.416 e. The van der Waals surface area contributed by atoms with Gasteiger partial charge in [0.1, 0.15) is 12.4 Å². The molecule has 0 amide bonds. The highest BCUT2D eigenvalue weighted by molar-refractivity contribution is 6.74. The molecule has 0 spiro atoms. The van der Waals surface area contributed by atoms with Crippen LogP contribution in [0.25, 0.3) is 0 Å². The lowest BCUT2D eigenvalue weighted by Crippen LogP contribution is -2.42. The molecule has 1 saturated carbocycles. The summed E-state index contributed by atoms with van der Waals surface area (Å²) >= 11 is 0. The highest BCUT2D eigenvalue weighted by Crippen LogP contribution is 2.41. The molecule has 1 fully saturated rings. The zero-order valence-electron chi connectivity index (χ0n) is 31.2. The molecule has 2 rings (SSSR count). The van der Waals surface area contributed by atoms with Crippen molar-refractivity contribution >= 4 is 22.6 Å². The molecule has 280 valence electrons. The summed E-state index contributed by atoms with van der Waals surface area (Å²) in [5, 5.41) is 11.4. The summed E-state index contributed by atoms with van der Waals surface area (Å²) in [6.45, 7) is 16.8. The summed E-state index contributed by atoms with van der Waals surface area (Å²) in [5.41, 5.74) is -0.751. The van der Waals surface area contributed by atoms with Crippen LogP contribution in [0.2, 0.25) is 36.3 Å². The third-order valence-electron chi connectivity index (χ3n) is 10.4. The van der Waals surface area contributed by atoms with Crippen LogP contribution in [0.15, 0.2) is 48.6 Å². The molecule has 0 radical (unpaired) electrons. The number of aliphatic hydroxyl groups excluding tert-OH is 1. The Labute approximate surface area is 296 Å². The molecule has 1 aliphatic rings. The Hall–Kier alpha value is -1.93. The minimum Gasteiger partial charge on any atom is -0.491 e. The first-order chi connectivity index (χ1) is 23.2. The number of esters is 1. The number of halogens is 3. The van der Waals surface area contributed by atoms with Crippen LogP contribution in [0, 0.1) is 11.8 Å². The molecular weight excluding hydrogens is 666 g/mol. The minimum atomic E-state index is -4.46. The number of aliphatic hydroxyl groups is 1. The smallest absolute Gasteiger partial charge is 0.416 e. The van der Waals surface area contributed by atoms with E-state index >= 15 is 0 Å². The lowest BCUT2D eigenvalue weighted by Gasteiger charge is -2.35. The lowest BCUT2D eigenvalue weighted by atomic mass is 9.89. The van der Waals surface area contributed by atoms with Crippen LogP contribution in [0.3, 0.4) is 0 Å². The lowest BCUT2D eigenvalue weighted by molar-refractivity contribution is -0.147. The van der Waals surface area contributed by atoms with Crippen LogP contribution in [-0.4, -0.2) is 58.7 Å². The number of unbranched alkanes of at least 4 members (excludes halogenated alkanes) is 1. The molecule has 1 unspecified atom stereocenters. The van der Waals surface area contributed by atoms with E-state index < -0.39 is 40.6 Å². The van der Waals surface area contributed by atoms with E-state index in [-0.39, 0.29) is 42.4 Å². The largest absolute Gasteiger partial charge is 0.491 e. The van der Waals surface area contributed by atoms with Crippen molar-refractivity contribution in [2.75, 3.05) is 6.61 Å². The van der Waals surface area contributed by atoms with Crippen molar-refractivity contribution in [3.63, 3.8) is 0 Å². The summed E-state index contributed by atoms with van der Waals surface area (Å²) in [7, 11) is -4.11. The molecular formula is C38H63F3O6Si2. The molecule has 6 nitrogen and oxygen atoms in total. The number of allylic oxidation sites excluding steroid dienone is 2. The first kappa shape index (κ1) is 43.2. The van der Waals surface area contributed by atoms with Gasteiger partial charge in [0.05, 0.1) is 30.0 Å². The maximum atomic E-state index is 13.4. The predicted octanol–water partition coefficient (Wildman–Crippen LogP) is 10.5. The third-order valence-corrected chi connectivity index (χ3v) is 19.7. The van der Waals surface area contributed by atoms with Crippen LogP contribution >= 0.6 is 0 Å². The fourth-order valence-corrected chi connectivity index (χ4v) is 12.5. The monoisotopic (exact) mass is 728 g/mol. The summed E-state index contributed by atoms with van der Waals surface area (Å²) < 4.78 is 65.3. The molecule has 0 heterocycles. The maximum absolute atomic E-state index is 13.4. The fourth-order valence-electron chi connectivity index (χ4n) is 6.83. The first-order valence-electron chi connectivity index (χ1n) is 18.6. The Morgan fingerprint density at radius 1 is 0.980 bits per heavy atom. The molecule has 0 bridgehead atoms. The number of ether oxygens (including phenoxy) is 2. The van der Waals surface area contributed by atoms with E-state index in [9.17, 15) is 23.1 Å². The molecule has 0 aromatic heterocycles. The van der Waals surface area contributed by atoms with E-state index in [1.54, 1.807) is 0 Å². The Morgan fingerprint density at radius 2 is 1.61 bits per heavy atom. The Balaban J connectivity index is 2.36. The minimum absolute atomic E-state index is 0.0715. The summed E-state index contributed by atoms with van der Waals surface area (Å²) in [6, 6.07) is 10.7. The van der Waals surface area contributed by atoms with E-state index in [4.69, 9.17) is 18.3 Å². The topological polar surface area (TPSA) is 74.2 Å². The number of benzene rings is 1. The molecule has 1 aromatic carbocycles. The van der Waals surface area contributed by atoms with Crippen molar-refractivity contribution in [1.29, 1.82) is 0 Å². The fraction of sp³-hybridized carbons (Fsp3) is 0.711. The summed E-state index contributed by atoms with van der Waals surface area (Å²) in [4.78, 5) is 11.9. The molecule has 0 saturated heterocycles. The van der Waals surface area contributed by atoms with Gasteiger partial charge in [-0.25, -0.2) is 0 Å². The van der Waals surface area contributed by atoms with Crippen molar-refractivity contribution in [3.05, 3.63) is 54.1 Å². The van der Waals surface area contributed by atoms with Crippen molar-refractivity contribution in [2.45, 2.75) is 154 Å². The molecule has 1 N–H and O–H groups in total. The highest BCUT2D eigenvalue weighted by atomic mass is 28.4. The van der Waals surface area contributed by atoms with Gasteiger partial charge in [0, 0.05) is 12.3 Å². The first-order valence-corrected chi connectivity index (χ1v) is 23.6. The van der Waals surface area contributed by atoms with Gasteiger partial charge < -0.3 is 23.4 Å². The molecule has 1 aliphatic carbocycles. The zero-order chi connectivity index (χ0) is 36.7. The SMILES string of the molecule is CC[Si](CC)(CC)OC1C[C@H](O)[C@H](C/C=C\CCCC(=O)OC(C)C)[C@H]1/C=C/[C@H](COc1cccc(C(F)(F)F)c1)O[Si](CC)(CC)CC. The van der Waals surface area contributed by atoms with Crippen molar-refractivity contribution in [3.8, 4) is 5.75 Å². The van der Waals surface area contributed by atoms with Crippen LogP contribution in [0.1, 0.15) is 93.1 Å². The van der Waals surface area contributed by atoms with Crippen LogP contribution in [0.4, 0.5) is 13.2 Å². The van der Waals surface area contributed by atoms with Crippen molar-refractivity contribution < 1.29 is 41.4 Å². The van der Waals surface area contributed by atoms with Crippen molar-refractivity contribution in [2.24, 2.45) is 11.8 Å². The number of hydrogen-bond donors (Lipinski definition) is 1. The number of rotatable bonds is 22. The summed E-state index contributed by atoms with van der Waals surface area (Å²) in [5.74, 6) is -0.185. The van der Waals surface area contributed by atoms with E-state index in [0.29, 0.717) is 25.7 Å². The van der Waals surface area contributed by atoms with Gasteiger partial charge in [-0.3, -0.25) is 4.79 Å². The third kappa shape index (κ3) is 13.6. The van der Waals surface area contributed by atoms with Gasteiger partial charge in [-0.15, -0.1) is 0 Å². The number of carbonyl (C=O) groups is 1.